The summed E-state index contributed by atoms with van der Waals surface area (Å²) >= 11 is 0. The fourth-order valence-corrected chi connectivity index (χ4v) is 4.13. The zero-order chi connectivity index (χ0) is 20.9. The van der Waals surface area contributed by atoms with Gasteiger partial charge in [0, 0.05) is 24.1 Å². The Bertz CT molecular complexity index is 893. The van der Waals surface area contributed by atoms with Crippen LogP contribution in [0.3, 0.4) is 0 Å². The van der Waals surface area contributed by atoms with Crippen LogP contribution in [0.4, 0.5) is 5.69 Å². The van der Waals surface area contributed by atoms with Crippen molar-refractivity contribution in [3.8, 4) is 11.5 Å². The van der Waals surface area contributed by atoms with Gasteiger partial charge in [0.15, 0.2) is 11.5 Å². The number of ether oxygens (including phenoxy) is 2. The van der Waals surface area contributed by atoms with E-state index in [9.17, 15) is 9.59 Å². The predicted octanol–water partition coefficient (Wildman–Crippen LogP) is 4.03. The van der Waals surface area contributed by atoms with Crippen LogP contribution in [0.2, 0.25) is 0 Å². The first-order valence-corrected chi connectivity index (χ1v) is 10.6. The van der Waals surface area contributed by atoms with E-state index in [1.165, 1.54) is 0 Å². The summed E-state index contributed by atoms with van der Waals surface area (Å²) < 4.78 is 10.8. The minimum Gasteiger partial charge on any atom is -0.454 e. The Morgan fingerprint density at radius 2 is 1.80 bits per heavy atom. The maximum absolute atomic E-state index is 13.2. The number of benzene rings is 2. The Morgan fingerprint density at radius 1 is 1.07 bits per heavy atom. The van der Waals surface area contributed by atoms with Gasteiger partial charge in [0.25, 0.3) is 0 Å². The van der Waals surface area contributed by atoms with Gasteiger partial charge in [-0.2, -0.15) is 0 Å². The first-order valence-electron chi connectivity index (χ1n) is 10.6. The number of fused-ring (bicyclic) bond motifs is 1. The van der Waals surface area contributed by atoms with Gasteiger partial charge in [-0.3, -0.25) is 9.59 Å². The van der Waals surface area contributed by atoms with Crippen molar-refractivity contribution < 1.29 is 19.1 Å². The minimum atomic E-state index is -0.214. The average molecular weight is 408 g/mol. The molecule has 2 amide bonds. The third-order valence-electron chi connectivity index (χ3n) is 5.74. The van der Waals surface area contributed by atoms with Crippen molar-refractivity contribution in [2.45, 2.75) is 51.6 Å². The van der Waals surface area contributed by atoms with E-state index in [1.54, 1.807) is 4.90 Å². The molecular formula is C24H28N2O4. The third-order valence-corrected chi connectivity index (χ3v) is 5.74. The van der Waals surface area contributed by atoms with Crippen LogP contribution < -0.4 is 19.7 Å². The third kappa shape index (κ3) is 4.75. The molecule has 2 aromatic carbocycles. The van der Waals surface area contributed by atoms with Crippen LogP contribution in [0, 0.1) is 5.92 Å². The number of nitrogens with zero attached hydrogens (tertiary/aromatic N) is 1. The molecule has 1 aliphatic heterocycles. The number of carbonyl (C=O) groups excluding carboxylic acids is 2. The molecule has 0 bridgehead atoms. The highest BCUT2D eigenvalue weighted by atomic mass is 16.7. The van der Waals surface area contributed by atoms with Gasteiger partial charge in [-0.15, -0.1) is 0 Å². The number of rotatable bonds is 7. The van der Waals surface area contributed by atoms with Crippen molar-refractivity contribution in [3.63, 3.8) is 0 Å². The first kappa shape index (κ1) is 20.3. The second-order valence-electron chi connectivity index (χ2n) is 8.10. The van der Waals surface area contributed by atoms with E-state index in [4.69, 9.17) is 9.47 Å². The number of hydrogen-bond acceptors (Lipinski definition) is 4. The Kier molecular flexibility index (Phi) is 6.21. The average Bonchev–Trinajstić information content (AvgIpc) is 3.44. The lowest BCUT2D eigenvalue weighted by Crippen LogP contribution is -2.41. The summed E-state index contributed by atoms with van der Waals surface area (Å²) in [6.07, 6.45) is 4.38. The van der Waals surface area contributed by atoms with Crippen LogP contribution in [-0.4, -0.2) is 24.6 Å². The lowest BCUT2D eigenvalue weighted by molar-refractivity contribution is -0.125. The van der Waals surface area contributed by atoms with Gasteiger partial charge in [-0.1, -0.05) is 37.1 Å². The smallest absolute Gasteiger partial charge is 0.231 e. The molecule has 0 radical (unpaired) electrons. The Balaban J connectivity index is 1.45. The number of nitrogens with one attached hydrogen (secondary N) is 1. The lowest BCUT2D eigenvalue weighted by Gasteiger charge is -2.25. The molecule has 1 saturated carbocycles. The summed E-state index contributed by atoms with van der Waals surface area (Å²) in [4.78, 5) is 27.4. The first-order chi connectivity index (χ1) is 14.6. The van der Waals surface area contributed by atoms with Crippen molar-refractivity contribution in [1.29, 1.82) is 0 Å². The largest absolute Gasteiger partial charge is 0.454 e. The monoisotopic (exact) mass is 408 g/mol. The molecule has 0 aromatic heterocycles. The molecule has 1 unspecified atom stereocenters. The second kappa shape index (κ2) is 9.20. The summed E-state index contributed by atoms with van der Waals surface area (Å²) in [6, 6.07) is 15.1. The summed E-state index contributed by atoms with van der Waals surface area (Å²) in [5.41, 5.74) is 1.79. The minimum absolute atomic E-state index is 0.0295. The second-order valence-corrected chi connectivity index (χ2v) is 8.10. The summed E-state index contributed by atoms with van der Waals surface area (Å²) in [7, 11) is 0. The van der Waals surface area contributed by atoms with E-state index < -0.39 is 0 Å². The number of hydrogen-bond donors (Lipinski definition) is 1. The highest BCUT2D eigenvalue weighted by Gasteiger charge is 2.26. The zero-order valence-corrected chi connectivity index (χ0v) is 17.3. The Hall–Kier alpha value is -3.02. The van der Waals surface area contributed by atoms with Crippen molar-refractivity contribution in [2.24, 2.45) is 5.92 Å². The highest BCUT2D eigenvalue weighted by Crippen LogP contribution is 2.33. The van der Waals surface area contributed by atoms with Crippen LogP contribution in [0.5, 0.6) is 11.5 Å². The van der Waals surface area contributed by atoms with Crippen LogP contribution in [0.15, 0.2) is 48.5 Å². The van der Waals surface area contributed by atoms with Crippen LogP contribution >= 0.6 is 0 Å². The molecular weight excluding hydrogens is 380 g/mol. The Morgan fingerprint density at radius 3 is 2.57 bits per heavy atom. The molecule has 0 saturated heterocycles. The molecule has 158 valence electrons. The van der Waals surface area contributed by atoms with E-state index in [0.717, 1.165) is 42.7 Å². The molecule has 30 heavy (non-hydrogen) atoms. The van der Waals surface area contributed by atoms with E-state index >= 15 is 0 Å². The molecule has 6 nitrogen and oxygen atoms in total. The molecule has 2 aromatic rings. The van der Waals surface area contributed by atoms with Crippen LogP contribution in [0.25, 0.3) is 0 Å². The fraction of sp³-hybridized carbons (Fsp3) is 0.417. The van der Waals surface area contributed by atoms with Gasteiger partial charge in [0.2, 0.25) is 18.6 Å². The number of anilines is 1. The van der Waals surface area contributed by atoms with Gasteiger partial charge in [0.05, 0.1) is 6.54 Å². The molecule has 1 heterocycles. The molecule has 1 aliphatic carbocycles. The molecule has 6 heteroatoms. The molecule has 1 N–H and O–H groups in total. The quantitative estimate of drug-likeness (QED) is 0.751. The SMILES string of the molecule is CC(CC(=O)N(Cc1ccc2c(c1)OCO2)c1ccccc1)NC(=O)C1CCCC1. The highest BCUT2D eigenvalue weighted by molar-refractivity contribution is 5.94. The van der Waals surface area contributed by atoms with Gasteiger partial charge >= 0.3 is 0 Å². The topological polar surface area (TPSA) is 67.9 Å². The number of amides is 2. The number of carbonyl (C=O) groups is 2. The van der Waals surface area contributed by atoms with Crippen LogP contribution in [-0.2, 0) is 16.1 Å². The normalized spacial score (nSPS) is 16.3. The van der Waals surface area contributed by atoms with Crippen molar-refractivity contribution in [3.05, 3.63) is 54.1 Å². The van der Waals surface area contributed by atoms with Crippen LogP contribution in [0.1, 0.15) is 44.6 Å². The van der Waals surface area contributed by atoms with Gasteiger partial charge in [-0.25, -0.2) is 0 Å². The van der Waals surface area contributed by atoms with Crippen molar-refractivity contribution in [1.82, 2.24) is 5.32 Å². The lowest BCUT2D eigenvalue weighted by atomic mass is 10.1. The molecule has 4 rings (SSSR count). The fourth-order valence-electron chi connectivity index (χ4n) is 4.13. The maximum Gasteiger partial charge on any atom is 0.231 e. The standard InChI is InChI=1S/C24H28N2O4/c1-17(25-24(28)19-7-5-6-8-19)13-23(27)26(20-9-3-2-4-10-20)15-18-11-12-21-22(14-18)30-16-29-21/h2-4,9-12,14,17,19H,5-8,13,15-16H2,1H3,(H,25,28). The van der Waals surface area contributed by atoms with E-state index in [2.05, 4.69) is 5.32 Å². The van der Waals surface area contributed by atoms with Crippen molar-refractivity contribution in [2.75, 3.05) is 11.7 Å². The number of para-hydroxylation sites is 1. The molecule has 1 fully saturated rings. The van der Waals surface area contributed by atoms with Gasteiger partial charge in [0.1, 0.15) is 0 Å². The summed E-state index contributed by atoms with van der Waals surface area (Å²) in [5.74, 6) is 1.57. The molecule has 1 atom stereocenters. The van der Waals surface area contributed by atoms with E-state index in [0.29, 0.717) is 12.3 Å². The van der Waals surface area contributed by atoms with E-state index in [-0.39, 0.29) is 37.0 Å². The van der Waals surface area contributed by atoms with Gasteiger partial charge in [-0.05, 0) is 49.6 Å². The molecule has 2 aliphatic rings. The Labute approximate surface area is 177 Å². The maximum atomic E-state index is 13.2. The van der Waals surface area contributed by atoms with Crippen molar-refractivity contribution >= 4 is 17.5 Å². The van der Waals surface area contributed by atoms with Gasteiger partial charge < -0.3 is 19.7 Å². The summed E-state index contributed by atoms with van der Waals surface area (Å²) in [5, 5.41) is 3.03. The predicted molar refractivity (Wildman–Crippen MR) is 114 cm³/mol. The zero-order valence-electron chi connectivity index (χ0n) is 17.3. The summed E-state index contributed by atoms with van der Waals surface area (Å²) in [6.45, 7) is 2.54. The van der Waals surface area contributed by atoms with E-state index in [1.807, 2.05) is 55.5 Å². The molecule has 0 spiro atoms.